The number of rotatable bonds is 8. The van der Waals surface area contributed by atoms with Crippen molar-refractivity contribution in [3.8, 4) is 0 Å². The van der Waals surface area contributed by atoms with Crippen LogP contribution in [-0.2, 0) is 22.9 Å². The van der Waals surface area contributed by atoms with E-state index in [0.29, 0.717) is 17.9 Å². The first-order valence-corrected chi connectivity index (χ1v) is 11.5. The van der Waals surface area contributed by atoms with Crippen molar-refractivity contribution in [2.45, 2.75) is 44.9 Å². The van der Waals surface area contributed by atoms with Gasteiger partial charge in [-0.15, -0.1) is 0 Å². The van der Waals surface area contributed by atoms with E-state index in [0.717, 1.165) is 4.57 Å². The Bertz CT molecular complexity index is 1320. The van der Waals surface area contributed by atoms with E-state index in [1.54, 1.807) is 0 Å². The molecule has 1 aromatic carbocycles. The molecule has 30 heavy (non-hydrogen) atoms. The zero-order valence-electron chi connectivity index (χ0n) is 16.5. The minimum Gasteiger partial charge on any atom is -0.323 e. The molecule has 0 spiro atoms. The van der Waals surface area contributed by atoms with Crippen molar-refractivity contribution in [1.82, 2.24) is 19.1 Å². The van der Waals surface area contributed by atoms with E-state index in [2.05, 4.69) is 9.97 Å². The lowest BCUT2D eigenvalue weighted by Gasteiger charge is -2.09. The van der Waals surface area contributed by atoms with Gasteiger partial charge in [0.15, 0.2) is 16.9 Å². The van der Waals surface area contributed by atoms with Crippen molar-refractivity contribution in [2.75, 3.05) is 5.75 Å². The zero-order chi connectivity index (χ0) is 22.1. The number of halogens is 1. The fraction of sp³-hybridized carbons (Fsp3) is 0.368. The molecule has 0 unspecified atom stereocenters. The number of carbonyl (C=O) groups excluding carboxylic acids is 1. The summed E-state index contributed by atoms with van der Waals surface area (Å²) in [5.41, 5.74) is -1.09. The molecule has 2 heterocycles. The minimum atomic E-state index is -4.18. The lowest BCUT2D eigenvalue weighted by molar-refractivity contribution is 0.102. The van der Waals surface area contributed by atoms with Crippen LogP contribution in [0, 0.1) is 0 Å². The van der Waals surface area contributed by atoms with Gasteiger partial charge in [0, 0.05) is 23.7 Å². The summed E-state index contributed by atoms with van der Waals surface area (Å²) in [6.07, 6.45) is 1.14. The Balaban J connectivity index is 2.09. The summed E-state index contributed by atoms with van der Waals surface area (Å²) >= 11 is 5.79. The van der Waals surface area contributed by atoms with Crippen molar-refractivity contribution >= 4 is 38.4 Å². The number of H-pyrrole nitrogens is 1. The third kappa shape index (κ3) is 4.10. The third-order valence-corrected chi connectivity index (χ3v) is 6.19. The van der Waals surface area contributed by atoms with Crippen LogP contribution in [-0.4, -0.2) is 39.1 Å². The van der Waals surface area contributed by atoms with Crippen LogP contribution in [0.25, 0.3) is 11.2 Å². The summed E-state index contributed by atoms with van der Waals surface area (Å²) in [6.45, 7) is 4.15. The van der Waals surface area contributed by atoms with E-state index < -0.39 is 37.8 Å². The molecule has 11 heteroatoms. The number of nitrogens with one attached hydrogen (secondary N) is 1. The first-order chi connectivity index (χ1) is 14.2. The summed E-state index contributed by atoms with van der Waals surface area (Å²) in [5, 5.41) is -0.0978. The number of aryl methyl sites for hydroxylation is 1. The average Bonchev–Trinajstić information content (AvgIpc) is 3.15. The number of nitrogens with zero attached hydrogens (tertiary/aromatic N) is 3. The highest BCUT2D eigenvalue weighted by atomic mass is 35.5. The number of ketones is 1. The normalized spacial score (nSPS) is 11.8. The molecular weight excluding hydrogens is 432 g/mol. The van der Waals surface area contributed by atoms with Crippen molar-refractivity contribution in [3.05, 3.63) is 55.7 Å². The molecule has 0 radical (unpaired) electrons. The van der Waals surface area contributed by atoms with Gasteiger partial charge < -0.3 is 4.98 Å². The standard InChI is InChI=1S/C19H21ClN4O5S/c1-3-9-23-16-15(17(26)24(10-4-2)19(23)27)21-18(22-16)30(28,29)11-14(25)12-5-7-13(20)8-6-12/h5-8H,3-4,9-11H2,1-2H3,(H,21,22). The summed E-state index contributed by atoms with van der Waals surface area (Å²) in [5.74, 6) is -1.48. The minimum absolute atomic E-state index is 0.0308. The zero-order valence-corrected chi connectivity index (χ0v) is 18.1. The number of carbonyl (C=O) groups is 1. The molecule has 1 N–H and O–H groups in total. The second-order valence-electron chi connectivity index (χ2n) is 6.82. The Morgan fingerprint density at radius 1 is 1.07 bits per heavy atom. The molecule has 9 nitrogen and oxygen atoms in total. The van der Waals surface area contributed by atoms with Gasteiger partial charge in [0.25, 0.3) is 5.56 Å². The number of Topliss-reactive ketones (excluding diaryl/α,β-unsaturated/α-hetero) is 1. The molecule has 0 aliphatic rings. The van der Waals surface area contributed by atoms with Gasteiger partial charge in [-0.05, 0) is 37.1 Å². The molecule has 0 saturated heterocycles. The number of aromatic amines is 1. The Morgan fingerprint density at radius 3 is 2.27 bits per heavy atom. The number of aromatic nitrogens is 4. The smallest absolute Gasteiger partial charge is 0.323 e. The van der Waals surface area contributed by atoms with E-state index in [-0.39, 0.29) is 29.8 Å². The highest BCUT2D eigenvalue weighted by Gasteiger charge is 2.26. The van der Waals surface area contributed by atoms with Gasteiger partial charge in [-0.25, -0.2) is 13.2 Å². The maximum absolute atomic E-state index is 12.8. The number of hydrogen-bond acceptors (Lipinski definition) is 6. The van der Waals surface area contributed by atoms with Crippen LogP contribution >= 0.6 is 11.6 Å². The Hall–Kier alpha value is -2.72. The van der Waals surface area contributed by atoms with Gasteiger partial charge in [-0.3, -0.25) is 18.7 Å². The van der Waals surface area contributed by atoms with Crippen molar-refractivity contribution in [1.29, 1.82) is 0 Å². The number of fused-ring (bicyclic) bond motifs is 1. The SMILES string of the molecule is CCCn1c(=O)c2[nH]c(S(=O)(=O)CC(=O)c3ccc(Cl)cc3)nc2n(CCC)c1=O. The summed E-state index contributed by atoms with van der Waals surface area (Å²) in [6, 6.07) is 5.84. The first kappa shape index (κ1) is 22.0. The van der Waals surface area contributed by atoms with E-state index in [1.165, 1.54) is 28.8 Å². The number of imidazole rings is 1. The van der Waals surface area contributed by atoms with E-state index in [4.69, 9.17) is 11.6 Å². The third-order valence-electron chi connectivity index (χ3n) is 4.52. The first-order valence-electron chi connectivity index (χ1n) is 9.44. The second kappa shape index (κ2) is 8.57. The van der Waals surface area contributed by atoms with Crippen molar-refractivity contribution < 1.29 is 13.2 Å². The Labute approximate surface area is 177 Å². The van der Waals surface area contributed by atoms with Crippen LogP contribution in [0.4, 0.5) is 0 Å². The summed E-state index contributed by atoms with van der Waals surface area (Å²) in [4.78, 5) is 44.4. The number of hydrogen-bond donors (Lipinski definition) is 1. The van der Waals surface area contributed by atoms with Crippen LogP contribution in [0.15, 0.2) is 39.0 Å². The van der Waals surface area contributed by atoms with Crippen LogP contribution in [0.1, 0.15) is 37.0 Å². The molecule has 0 saturated carbocycles. The van der Waals surface area contributed by atoms with Crippen LogP contribution < -0.4 is 11.2 Å². The van der Waals surface area contributed by atoms with Gasteiger partial charge >= 0.3 is 5.69 Å². The van der Waals surface area contributed by atoms with Gasteiger partial charge in [0.2, 0.25) is 15.0 Å². The molecule has 0 fully saturated rings. The monoisotopic (exact) mass is 452 g/mol. The highest BCUT2D eigenvalue weighted by Crippen LogP contribution is 2.15. The molecule has 0 aliphatic heterocycles. The fourth-order valence-electron chi connectivity index (χ4n) is 3.10. The number of benzene rings is 1. The van der Waals surface area contributed by atoms with Crippen LogP contribution in [0.2, 0.25) is 5.02 Å². The number of sulfone groups is 1. The lowest BCUT2D eigenvalue weighted by atomic mass is 10.1. The molecule has 3 rings (SSSR count). The van der Waals surface area contributed by atoms with Gasteiger partial charge in [-0.1, -0.05) is 25.4 Å². The summed E-state index contributed by atoms with van der Waals surface area (Å²) in [7, 11) is -4.18. The predicted molar refractivity (Wildman–Crippen MR) is 113 cm³/mol. The lowest BCUT2D eigenvalue weighted by Crippen LogP contribution is -2.40. The molecule has 0 aliphatic carbocycles. The van der Waals surface area contributed by atoms with Crippen molar-refractivity contribution in [3.63, 3.8) is 0 Å². The fourth-order valence-corrected chi connectivity index (χ4v) is 4.36. The van der Waals surface area contributed by atoms with E-state index in [1.807, 2.05) is 13.8 Å². The Kier molecular flexibility index (Phi) is 6.27. The average molecular weight is 453 g/mol. The largest absolute Gasteiger partial charge is 0.332 e. The van der Waals surface area contributed by atoms with Gasteiger partial charge in [-0.2, -0.15) is 4.98 Å². The predicted octanol–water partition coefficient (Wildman–Crippen LogP) is 2.02. The summed E-state index contributed by atoms with van der Waals surface area (Å²) < 4.78 is 27.9. The molecule has 2 aromatic heterocycles. The van der Waals surface area contributed by atoms with Gasteiger partial charge in [0.05, 0.1) is 0 Å². The van der Waals surface area contributed by atoms with Crippen LogP contribution in [0.5, 0.6) is 0 Å². The molecule has 0 atom stereocenters. The molecule has 0 bridgehead atoms. The maximum Gasteiger partial charge on any atom is 0.332 e. The Morgan fingerprint density at radius 2 is 1.67 bits per heavy atom. The highest BCUT2D eigenvalue weighted by molar-refractivity contribution is 7.92. The second-order valence-corrected chi connectivity index (χ2v) is 9.16. The molecular formula is C19H21ClN4O5S. The topological polar surface area (TPSA) is 124 Å². The van der Waals surface area contributed by atoms with Gasteiger partial charge in [0.1, 0.15) is 5.75 Å². The quantitative estimate of drug-likeness (QED) is 0.521. The molecule has 160 valence electrons. The molecule has 3 aromatic rings. The maximum atomic E-state index is 12.8. The van der Waals surface area contributed by atoms with E-state index in [9.17, 15) is 22.8 Å². The van der Waals surface area contributed by atoms with E-state index >= 15 is 0 Å². The van der Waals surface area contributed by atoms with Crippen molar-refractivity contribution in [2.24, 2.45) is 0 Å². The molecule has 0 amide bonds. The van der Waals surface area contributed by atoms with Crippen LogP contribution in [0.3, 0.4) is 0 Å².